The number of carbonyl (C=O) groups is 2. The number of halogens is 1. The number of anilines is 1. The van der Waals surface area contributed by atoms with Crippen LogP contribution >= 0.6 is 22.9 Å². The number of carbonyl (C=O) groups excluding carboxylic acids is 2. The van der Waals surface area contributed by atoms with E-state index in [-0.39, 0.29) is 35.0 Å². The minimum absolute atomic E-state index is 0.180. The number of nitrogens with zero attached hydrogens (tertiary/aromatic N) is 3. The molecule has 0 saturated carbocycles. The molecule has 1 amide bonds. The number of amides is 1. The van der Waals surface area contributed by atoms with E-state index >= 15 is 0 Å². The van der Waals surface area contributed by atoms with Gasteiger partial charge in [0.1, 0.15) is 4.88 Å². The van der Waals surface area contributed by atoms with Gasteiger partial charge in [0, 0.05) is 20.2 Å². The molecule has 1 aliphatic rings. The molecule has 1 aliphatic heterocycles. The SMILES string of the molecule is CCOC(=O)c1sc(N2CC[C@@H](NC(=O)c3nc(Cl)c(C)[nH]3)[C@@H](OC)C2)nc1C. The molecule has 2 aromatic heterocycles. The number of aryl methyl sites for hydroxylation is 2. The number of imidazole rings is 1. The Bertz CT molecular complexity index is 879. The van der Waals surface area contributed by atoms with E-state index in [9.17, 15) is 9.59 Å². The zero-order valence-corrected chi connectivity index (χ0v) is 18.3. The van der Waals surface area contributed by atoms with Crippen LogP contribution in [0.15, 0.2) is 0 Å². The van der Waals surface area contributed by atoms with Crippen molar-refractivity contribution in [1.82, 2.24) is 20.3 Å². The summed E-state index contributed by atoms with van der Waals surface area (Å²) in [7, 11) is 1.61. The van der Waals surface area contributed by atoms with Crippen molar-refractivity contribution in [2.24, 2.45) is 0 Å². The van der Waals surface area contributed by atoms with Gasteiger partial charge in [0.25, 0.3) is 5.91 Å². The molecule has 0 aromatic carbocycles. The molecule has 3 rings (SSSR count). The van der Waals surface area contributed by atoms with Crippen LogP contribution in [0.2, 0.25) is 5.15 Å². The van der Waals surface area contributed by atoms with Crippen LogP contribution in [0, 0.1) is 13.8 Å². The number of nitrogens with one attached hydrogen (secondary N) is 2. The van der Waals surface area contributed by atoms with Gasteiger partial charge in [0.2, 0.25) is 0 Å². The number of H-pyrrole nitrogens is 1. The van der Waals surface area contributed by atoms with E-state index in [1.165, 1.54) is 11.3 Å². The third-order valence-electron chi connectivity index (χ3n) is 4.74. The van der Waals surface area contributed by atoms with E-state index in [0.29, 0.717) is 42.4 Å². The van der Waals surface area contributed by atoms with Crippen molar-refractivity contribution in [2.75, 3.05) is 31.7 Å². The Morgan fingerprint density at radius 3 is 2.76 bits per heavy atom. The second-order valence-corrected chi connectivity index (χ2v) is 8.06. The minimum Gasteiger partial charge on any atom is -0.462 e. The van der Waals surface area contributed by atoms with Gasteiger partial charge in [0.15, 0.2) is 16.1 Å². The van der Waals surface area contributed by atoms with Gasteiger partial charge < -0.3 is 24.7 Å². The lowest BCUT2D eigenvalue weighted by Crippen LogP contribution is -2.55. The van der Waals surface area contributed by atoms with E-state index in [1.54, 1.807) is 27.9 Å². The summed E-state index contributed by atoms with van der Waals surface area (Å²) in [5.74, 6) is -0.499. The smallest absolute Gasteiger partial charge is 0.350 e. The van der Waals surface area contributed by atoms with Crippen LogP contribution in [0.5, 0.6) is 0 Å². The molecule has 0 spiro atoms. The number of aromatic nitrogens is 3. The highest BCUT2D eigenvalue weighted by molar-refractivity contribution is 7.17. The molecule has 0 unspecified atom stereocenters. The molecule has 0 bridgehead atoms. The zero-order chi connectivity index (χ0) is 21.1. The normalized spacial score (nSPS) is 19.3. The van der Waals surface area contributed by atoms with Crippen LogP contribution < -0.4 is 10.2 Å². The summed E-state index contributed by atoms with van der Waals surface area (Å²) in [6, 6.07) is -0.182. The number of esters is 1. The molecule has 2 aromatic rings. The van der Waals surface area contributed by atoms with Gasteiger partial charge >= 0.3 is 5.97 Å². The quantitative estimate of drug-likeness (QED) is 0.662. The molecule has 1 saturated heterocycles. The summed E-state index contributed by atoms with van der Waals surface area (Å²) in [5.41, 5.74) is 1.30. The number of ether oxygens (including phenoxy) is 2. The van der Waals surface area contributed by atoms with Gasteiger partial charge in [-0.15, -0.1) is 0 Å². The van der Waals surface area contributed by atoms with Crippen molar-refractivity contribution in [2.45, 2.75) is 39.3 Å². The fraction of sp³-hybridized carbons (Fsp3) is 0.556. The van der Waals surface area contributed by atoms with Crippen molar-refractivity contribution in [3.63, 3.8) is 0 Å². The van der Waals surface area contributed by atoms with Crippen LogP contribution in [-0.4, -0.2) is 65.8 Å². The molecular weight excluding hydrogens is 418 g/mol. The van der Waals surface area contributed by atoms with Gasteiger partial charge in [-0.25, -0.2) is 14.8 Å². The maximum atomic E-state index is 12.5. The number of thiazole rings is 1. The fourth-order valence-electron chi connectivity index (χ4n) is 3.18. The molecule has 3 heterocycles. The highest BCUT2D eigenvalue weighted by Crippen LogP contribution is 2.29. The van der Waals surface area contributed by atoms with Gasteiger partial charge in [-0.05, 0) is 27.2 Å². The third kappa shape index (κ3) is 4.71. The number of aromatic amines is 1. The van der Waals surface area contributed by atoms with Crippen molar-refractivity contribution in [1.29, 1.82) is 0 Å². The molecule has 29 heavy (non-hydrogen) atoms. The largest absolute Gasteiger partial charge is 0.462 e. The van der Waals surface area contributed by atoms with Crippen LogP contribution in [0.25, 0.3) is 0 Å². The summed E-state index contributed by atoms with van der Waals surface area (Å²) in [4.78, 5) is 38.5. The van der Waals surface area contributed by atoms with Crippen LogP contribution in [0.3, 0.4) is 0 Å². The number of hydrogen-bond donors (Lipinski definition) is 2. The predicted octanol–water partition coefficient (Wildman–Crippen LogP) is 2.34. The Labute approximate surface area is 177 Å². The molecule has 1 fully saturated rings. The van der Waals surface area contributed by atoms with E-state index in [1.807, 2.05) is 0 Å². The Morgan fingerprint density at radius 2 is 2.14 bits per heavy atom. The predicted molar refractivity (Wildman–Crippen MR) is 110 cm³/mol. The lowest BCUT2D eigenvalue weighted by atomic mass is 10.0. The van der Waals surface area contributed by atoms with Crippen LogP contribution in [0.1, 0.15) is 45.0 Å². The van der Waals surface area contributed by atoms with E-state index < -0.39 is 0 Å². The maximum Gasteiger partial charge on any atom is 0.350 e. The van der Waals surface area contributed by atoms with Gasteiger partial charge in [0.05, 0.1) is 30.1 Å². The lowest BCUT2D eigenvalue weighted by molar-refractivity contribution is 0.0530. The average molecular weight is 442 g/mol. The lowest BCUT2D eigenvalue weighted by Gasteiger charge is -2.37. The standard InChI is InChI=1S/C18H24ClN5O4S/c1-5-28-17(26)13-9(2)21-18(29-13)24-7-6-11(12(8-24)27-4)22-16(25)15-20-10(3)14(19)23-15/h11-12H,5-8H2,1-4H3,(H,20,23)(H,22,25)/t11-,12+/m1/s1. The Kier molecular flexibility index (Phi) is 6.76. The first-order valence-corrected chi connectivity index (χ1v) is 10.5. The van der Waals surface area contributed by atoms with E-state index in [0.717, 1.165) is 5.13 Å². The molecule has 158 valence electrons. The van der Waals surface area contributed by atoms with Gasteiger partial charge in [-0.2, -0.15) is 0 Å². The van der Waals surface area contributed by atoms with E-state index in [4.69, 9.17) is 21.1 Å². The zero-order valence-electron chi connectivity index (χ0n) is 16.7. The van der Waals surface area contributed by atoms with Gasteiger partial charge in [-0.3, -0.25) is 4.79 Å². The second kappa shape index (κ2) is 9.10. The van der Waals surface area contributed by atoms with Crippen molar-refractivity contribution in [3.05, 3.63) is 27.2 Å². The van der Waals surface area contributed by atoms with Gasteiger partial charge in [-0.1, -0.05) is 22.9 Å². The van der Waals surface area contributed by atoms with Crippen LogP contribution in [-0.2, 0) is 9.47 Å². The summed E-state index contributed by atoms with van der Waals surface area (Å²) in [6.07, 6.45) is 0.417. The number of hydrogen-bond acceptors (Lipinski definition) is 8. The first kappa shape index (κ1) is 21.5. The van der Waals surface area contributed by atoms with Crippen molar-refractivity contribution < 1.29 is 19.1 Å². The number of rotatable bonds is 6. The first-order chi connectivity index (χ1) is 13.8. The highest BCUT2D eigenvalue weighted by atomic mass is 35.5. The fourth-order valence-corrected chi connectivity index (χ4v) is 4.31. The topological polar surface area (TPSA) is 109 Å². The second-order valence-electron chi connectivity index (χ2n) is 6.72. The summed E-state index contributed by atoms with van der Waals surface area (Å²) >= 11 is 7.23. The number of piperidine rings is 1. The minimum atomic E-state index is -0.355. The molecule has 0 aliphatic carbocycles. The summed E-state index contributed by atoms with van der Waals surface area (Å²) in [6.45, 7) is 6.84. The average Bonchev–Trinajstić information content (AvgIpc) is 3.24. The van der Waals surface area contributed by atoms with Crippen LogP contribution in [0.4, 0.5) is 5.13 Å². The summed E-state index contributed by atoms with van der Waals surface area (Å²) in [5, 5.41) is 3.99. The van der Waals surface area contributed by atoms with Crippen molar-refractivity contribution >= 4 is 39.9 Å². The molecular formula is C18H24ClN5O4S. The van der Waals surface area contributed by atoms with E-state index in [2.05, 4.69) is 25.2 Å². The molecule has 9 nitrogen and oxygen atoms in total. The molecule has 0 radical (unpaired) electrons. The Hall–Kier alpha value is -2.17. The molecule has 11 heteroatoms. The monoisotopic (exact) mass is 441 g/mol. The molecule has 2 N–H and O–H groups in total. The number of methoxy groups -OCH3 is 1. The highest BCUT2D eigenvalue weighted by Gasteiger charge is 2.33. The maximum absolute atomic E-state index is 12.5. The van der Waals surface area contributed by atoms with Crippen molar-refractivity contribution in [3.8, 4) is 0 Å². The first-order valence-electron chi connectivity index (χ1n) is 9.29. The molecule has 2 atom stereocenters. The Balaban J connectivity index is 1.67. The Morgan fingerprint density at radius 1 is 1.38 bits per heavy atom. The third-order valence-corrected chi connectivity index (χ3v) is 6.30. The summed E-state index contributed by atoms with van der Waals surface area (Å²) < 4.78 is 10.7.